The number of rotatable bonds is 16. The molecule has 7 fully saturated rings. The van der Waals surface area contributed by atoms with E-state index < -0.39 is 35.3 Å². The molecule has 24 nitrogen and oxygen atoms in total. The van der Waals surface area contributed by atoms with Crippen molar-refractivity contribution in [3.63, 3.8) is 0 Å². The van der Waals surface area contributed by atoms with Gasteiger partial charge in [-0.15, -0.1) is 11.6 Å². The zero-order valence-electron chi connectivity index (χ0n) is 66.1. The molecule has 7 aliphatic heterocycles. The van der Waals surface area contributed by atoms with Gasteiger partial charge in [-0.3, -0.25) is 4.90 Å². The number of aryl methyl sites for hydroxylation is 2. The molecule has 0 spiro atoms. The monoisotopic (exact) mass is 1710 g/mol. The molecule has 0 unspecified atom stereocenters. The van der Waals surface area contributed by atoms with E-state index in [1.807, 2.05) is 136 Å². The second-order valence-corrected chi connectivity index (χ2v) is 41.3. The molecule has 0 saturated carbocycles. The summed E-state index contributed by atoms with van der Waals surface area (Å²) in [5.74, 6) is 3.48. The van der Waals surface area contributed by atoms with E-state index in [0.29, 0.717) is 105 Å². The predicted molar refractivity (Wildman–Crippen MR) is 448 cm³/mol. The molecular formula is C75H119Cl5N12O12S5. The summed E-state index contributed by atoms with van der Waals surface area (Å²) in [7, 11) is -8.94. The molecule has 0 atom stereocenters. The number of aromatic nitrogens is 4. The summed E-state index contributed by atoms with van der Waals surface area (Å²) in [6, 6.07) is 11.7. The fraction of sp³-hybridized carbons (Fsp3) is 0.707. The average molecular weight is 1720 g/mol. The Balaban J connectivity index is 0.000000216. The lowest BCUT2D eigenvalue weighted by Gasteiger charge is -2.33. The van der Waals surface area contributed by atoms with E-state index in [9.17, 15) is 34.8 Å². The van der Waals surface area contributed by atoms with Crippen molar-refractivity contribution in [2.75, 3.05) is 146 Å². The van der Waals surface area contributed by atoms with Gasteiger partial charge in [0.05, 0.1) is 26.8 Å². The van der Waals surface area contributed by atoms with Gasteiger partial charge >= 0.3 is 12.2 Å². The van der Waals surface area contributed by atoms with Crippen LogP contribution in [0.5, 0.6) is 11.5 Å². The normalized spacial score (nSPS) is 19.2. The van der Waals surface area contributed by atoms with E-state index >= 15 is 0 Å². The maximum atomic E-state index is 11.7. The molecule has 109 heavy (non-hydrogen) atoms. The van der Waals surface area contributed by atoms with Crippen molar-refractivity contribution in [3.05, 3.63) is 93.5 Å². The van der Waals surface area contributed by atoms with E-state index in [1.165, 1.54) is 35.9 Å². The molecule has 2 aromatic heterocycles. The van der Waals surface area contributed by atoms with Crippen LogP contribution in [0.3, 0.4) is 0 Å². The highest BCUT2D eigenvalue weighted by molar-refractivity contribution is 7.99. The van der Waals surface area contributed by atoms with Gasteiger partial charge in [0.1, 0.15) is 54.6 Å². The van der Waals surface area contributed by atoms with Gasteiger partial charge in [-0.25, -0.2) is 63.6 Å². The first-order valence-electron chi connectivity index (χ1n) is 37.8. The Morgan fingerprint density at radius 3 is 1.15 bits per heavy atom. The minimum absolute atomic E-state index is 0.114. The van der Waals surface area contributed by atoms with Crippen LogP contribution in [0.25, 0.3) is 0 Å². The molecule has 11 rings (SSSR count). The molecule has 0 radical (unpaired) electrons. The topological polar surface area (TPSA) is 251 Å². The van der Waals surface area contributed by atoms with Crippen molar-refractivity contribution >= 4 is 136 Å². The van der Waals surface area contributed by atoms with Crippen LogP contribution in [0.2, 0.25) is 10.0 Å². The number of sulfone groups is 2. The highest BCUT2D eigenvalue weighted by Crippen LogP contribution is 2.33. The number of likely N-dealkylation sites (tertiary alicyclic amines) is 2. The summed E-state index contributed by atoms with van der Waals surface area (Å²) >= 11 is 33.9. The average Bonchev–Trinajstić information content (AvgIpc) is 0.846. The number of ether oxygens (including phenoxy) is 4. The van der Waals surface area contributed by atoms with Crippen LogP contribution in [-0.2, 0) is 64.4 Å². The highest BCUT2D eigenvalue weighted by atomic mass is 35.5. The Hall–Kier alpha value is -3.82. The molecule has 0 N–H and O–H groups in total. The van der Waals surface area contributed by atoms with Crippen molar-refractivity contribution in [2.45, 2.75) is 202 Å². The first-order chi connectivity index (χ1) is 51.3. The zero-order chi connectivity index (χ0) is 80.3. The molecular weight excluding hydrogens is 1600 g/mol. The maximum Gasteiger partial charge on any atom is 0.410 e. The van der Waals surface area contributed by atoms with Crippen molar-refractivity contribution in [2.24, 2.45) is 0 Å². The number of hydrogen-bond acceptors (Lipinski definition) is 23. The van der Waals surface area contributed by atoms with Gasteiger partial charge in [-0.05, 0) is 188 Å². The molecule has 7 aliphatic rings. The van der Waals surface area contributed by atoms with Gasteiger partial charge in [-0.2, -0.15) is 27.8 Å². The van der Waals surface area contributed by atoms with E-state index in [1.54, 1.807) is 9.32 Å². The third-order valence-corrected chi connectivity index (χ3v) is 27.9. The van der Waals surface area contributed by atoms with Crippen LogP contribution >= 0.6 is 81.9 Å². The van der Waals surface area contributed by atoms with E-state index in [2.05, 4.69) is 61.0 Å². The lowest BCUT2D eigenvalue weighted by atomic mass is 10.1. The second kappa shape index (κ2) is 45.5. The standard InChI is InChI=1S/C23H32ClN5O3S.C18H21Cl2N3O.C11H21NO4S.C11H21NO2S.C6H12ClNO2S.C6H12ClNS/c1-3-18-15-25-23(26-16-18)28-8-6-20(7-9-28)32-22-5-4-19(14-21(22)24)17-27-10-12-29(13-11-27)33(2,30)31;1-2-13-11-21-18(22-12-13)23-7-5-15(6-8-23)24-17-4-3-14(10-19)9-16(17)20;1-11(2,3)16-10(13)12-7-5-9(6-8-12)17(4,14)15;1-11(2,3)14-10(13)12-7-5-9(15-4)6-8-12;1-11(9,10)6-2-4-8(7)5-3-6;1-9-6-2-4-8(7)5-3-6/h4-5,14-16,20H,3,6-13,17H2,1-2H3;3-4,9,11-12,15H,2,5-8,10H2,1H3;9H,5-8H2,1-4H3;9H,5-8H2,1-4H3;6H,2-5H2,1H3;6H,2-5H2,1H3. The first-order valence-corrected chi connectivity index (χ1v) is 48.1. The highest BCUT2D eigenvalue weighted by Gasteiger charge is 2.33. The van der Waals surface area contributed by atoms with Gasteiger partial charge in [0.2, 0.25) is 21.9 Å². The van der Waals surface area contributed by atoms with Gasteiger partial charge in [0.15, 0.2) is 0 Å². The van der Waals surface area contributed by atoms with E-state index in [4.69, 9.17) is 77.3 Å². The SMILES string of the molecule is CC(C)(C)OC(=O)N1CCC(S(C)(=O)=O)CC1.CCc1cnc(N2CCC(Oc3ccc(CCl)cc3Cl)CC2)nc1.CCc1cnc(N2CCC(Oc3ccc(CN4CCN(S(C)(=O)=O)CC4)cc3Cl)CC2)nc1.CS(=O)(=O)C1CCN(Cl)CC1.CSC1CCN(C(=O)OC(C)(C)C)CC1.CSC1CCN(Cl)CC1. The smallest absolute Gasteiger partial charge is 0.410 e. The number of thioether (sulfide) groups is 2. The predicted octanol–water partition coefficient (Wildman–Crippen LogP) is 14.1. The number of halogens is 5. The molecule has 2 amide bonds. The summed E-state index contributed by atoms with van der Waals surface area (Å²) in [5, 5.41) is 2.32. The van der Waals surface area contributed by atoms with Crippen LogP contribution in [-0.4, -0.2) is 266 Å². The minimum Gasteiger partial charge on any atom is -0.489 e. The number of benzene rings is 2. The van der Waals surface area contributed by atoms with E-state index in [0.717, 1.165) is 155 Å². The minimum atomic E-state index is -3.11. The van der Waals surface area contributed by atoms with Crippen molar-refractivity contribution < 1.29 is 53.8 Å². The Labute approximate surface area is 684 Å². The number of alkyl halides is 1. The van der Waals surface area contributed by atoms with Crippen molar-refractivity contribution in [1.29, 1.82) is 0 Å². The molecule has 9 heterocycles. The fourth-order valence-corrected chi connectivity index (χ4v) is 18.1. The number of carbonyl (C=O) groups excluding carboxylic acids is 2. The number of amides is 2. The second-order valence-electron chi connectivity index (χ2n) is 30.4. The summed E-state index contributed by atoms with van der Waals surface area (Å²) in [6.45, 7) is 28.1. The number of nitrogens with zero attached hydrogens (tertiary/aromatic N) is 12. The Morgan fingerprint density at radius 1 is 0.477 bits per heavy atom. The van der Waals surface area contributed by atoms with Gasteiger partial charge < -0.3 is 38.5 Å². The van der Waals surface area contributed by atoms with Crippen LogP contribution in [0.15, 0.2) is 61.2 Å². The molecule has 7 saturated heterocycles. The molecule has 4 aromatic rings. The number of piperidine rings is 6. The number of carbonyl (C=O) groups is 2. The van der Waals surface area contributed by atoms with Crippen molar-refractivity contribution in [3.8, 4) is 11.5 Å². The fourth-order valence-electron chi connectivity index (χ4n) is 12.7. The maximum absolute atomic E-state index is 11.7. The third kappa shape index (κ3) is 34.3. The van der Waals surface area contributed by atoms with E-state index in [-0.39, 0.29) is 40.5 Å². The largest absolute Gasteiger partial charge is 0.489 e. The number of sulfonamides is 1. The molecule has 2 aromatic carbocycles. The third-order valence-electron chi connectivity index (χ3n) is 19.4. The summed E-state index contributed by atoms with van der Waals surface area (Å²) < 4.78 is 96.0. The van der Waals surface area contributed by atoms with Crippen LogP contribution in [0.1, 0.15) is 155 Å². The van der Waals surface area contributed by atoms with Crippen molar-refractivity contribution in [1.82, 2.24) is 47.8 Å². The molecule has 0 aliphatic carbocycles. The zero-order valence-corrected chi connectivity index (χ0v) is 73.9. The van der Waals surface area contributed by atoms with Gasteiger partial charge in [0.25, 0.3) is 0 Å². The molecule has 616 valence electrons. The van der Waals surface area contributed by atoms with Crippen LogP contribution < -0.4 is 19.3 Å². The summed E-state index contributed by atoms with van der Waals surface area (Å²) in [6.07, 6.45) is 28.0. The Kier molecular flexibility index (Phi) is 39.2. The summed E-state index contributed by atoms with van der Waals surface area (Å²) in [5.41, 5.74) is 3.51. The van der Waals surface area contributed by atoms with Crippen LogP contribution in [0, 0.1) is 0 Å². The van der Waals surface area contributed by atoms with Crippen LogP contribution in [0.4, 0.5) is 21.5 Å². The lowest BCUT2D eigenvalue weighted by molar-refractivity contribution is 0.0208. The number of anilines is 2. The quantitative estimate of drug-likeness (QED) is 0.0746. The first kappa shape index (κ1) is 94.0. The number of piperazine rings is 1. The Bertz CT molecular complexity index is 3730. The van der Waals surface area contributed by atoms with Gasteiger partial charge in [-0.1, -0.05) is 49.2 Å². The molecule has 34 heteroatoms. The number of hydrogen-bond donors (Lipinski definition) is 0. The Morgan fingerprint density at radius 2 is 0.817 bits per heavy atom. The van der Waals surface area contributed by atoms with Gasteiger partial charge in [0, 0.05) is 191 Å². The summed E-state index contributed by atoms with van der Waals surface area (Å²) in [4.78, 5) is 51.4. The molecule has 0 bridgehead atoms. The lowest BCUT2D eigenvalue weighted by Crippen LogP contribution is -2.47.